The van der Waals surface area contributed by atoms with Crippen LogP contribution in [-0.2, 0) is 0 Å². The van der Waals surface area contributed by atoms with Gasteiger partial charge in [-0.3, -0.25) is 9.78 Å². The number of rotatable bonds is 4. The number of halogens is 2. The monoisotopic (exact) mass is 358 g/mol. The molecule has 3 heterocycles. The number of nitrogens with one attached hydrogen (secondary N) is 2. The van der Waals surface area contributed by atoms with Crippen molar-refractivity contribution in [1.82, 2.24) is 25.3 Å². The molecular weight excluding hydrogens is 342 g/mol. The Morgan fingerprint density at radius 2 is 2.19 bits per heavy atom. The van der Waals surface area contributed by atoms with Crippen LogP contribution < -0.4 is 10.6 Å². The number of carbonyl (C=O) groups excluding carboxylic acids is 1. The summed E-state index contributed by atoms with van der Waals surface area (Å²) < 4.78 is 28.3. The fourth-order valence-corrected chi connectivity index (χ4v) is 3.14. The second-order valence-electron chi connectivity index (χ2n) is 6.11. The lowest BCUT2D eigenvalue weighted by Crippen LogP contribution is -2.19. The van der Waals surface area contributed by atoms with E-state index in [-0.39, 0.29) is 11.7 Å². The van der Waals surface area contributed by atoms with E-state index in [2.05, 4.69) is 25.9 Å². The van der Waals surface area contributed by atoms with Gasteiger partial charge in [-0.2, -0.15) is 0 Å². The zero-order valence-electron chi connectivity index (χ0n) is 13.7. The Hall–Kier alpha value is -2.94. The summed E-state index contributed by atoms with van der Waals surface area (Å²) in [6, 6.07) is 6.82. The van der Waals surface area contributed by atoms with Crippen molar-refractivity contribution < 1.29 is 13.6 Å². The molecule has 0 aliphatic carbocycles. The van der Waals surface area contributed by atoms with E-state index in [9.17, 15) is 13.6 Å². The van der Waals surface area contributed by atoms with Crippen LogP contribution in [0.1, 0.15) is 35.1 Å². The molecule has 7 nitrogen and oxygen atoms in total. The van der Waals surface area contributed by atoms with Crippen LogP contribution in [0.3, 0.4) is 0 Å². The van der Waals surface area contributed by atoms with Gasteiger partial charge in [-0.25, -0.2) is 13.5 Å². The summed E-state index contributed by atoms with van der Waals surface area (Å²) in [5, 5.41) is 15.0. The molecular formula is C17H16F2N6O. The number of pyridine rings is 1. The minimum absolute atomic E-state index is 0.221. The first-order valence-corrected chi connectivity index (χ1v) is 8.22. The Bertz CT molecular complexity index is 951. The van der Waals surface area contributed by atoms with Gasteiger partial charge in [0, 0.05) is 30.0 Å². The molecule has 0 saturated carbocycles. The van der Waals surface area contributed by atoms with Crippen molar-refractivity contribution in [2.24, 2.45) is 0 Å². The van der Waals surface area contributed by atoms with E-state index in [1.54, 1.807) is 36.7 Å². The van der Waals surface area contributed by atoms with Gasteiger partial charge in [0.2, 0.25) is 0 Å². The highest BCUT2D eigenvalue weighted by Crippen LogP contribution is 2.27. The second kappa shape index (κ2) is 6.75. The zero-order chi connectivity index (χ0) is 18.1. The van der Waals surface area contributed by atoms with Crippen molar-refractivity contribution in [2.45, 2.75) is 18.9 Å². The molecule has 134 valence electrons. The fraction of sp³-hybridized carbons (Fsp3) is 0.294. The molecule has 3 aromatic rings. The molecule has 1 aliphatic rings. The lowest BCUT2D eigenvalue weighted by molar-refractivity contribution is 0.0997. The molecule has 1 atom stereocenters. The summed E-state index contributed by atoms with van der Waals surface area (Å²) in [5.41, 5.74) is -0.297. The van der Waals surface area contributed by atoms with E-state index < -0.39 is 18.0 Å². The Morgan fingerprint density at radius 1 is 1.31 bits per heavy atom. The quantitative estimate of drug-likeness (QED) is 0.749. The molecule has 2 N–H and O–H groups in total. The number of carbonyl (C=O) groups is 1. The first-order chi connectivity index (χ1) is 12.6. The van der Waals surface area contributed by atoms with Gasteiger partial charge in [0.15, 0.2) is 5.69 Å². The lowest BCUT2D eigenvalue weighted by Gasteiger charge is -2.12. The molecule has 4 rings (SSSR count). The van der Waals surface area contributed by atoms with Gasteiger partial charge >= 0.3 is 0 Å². The Labute approximate surface area is 147 Å². The first-order valence-electron chi connectivity index (χ1n) is 8.22. The number of nitrogens with zero attached hydrogens (tertiary/aromatic N) is 4. The first kappa shape index (κ1) is 16.5. The second-order valence-corrected chi connectivity index (χ2v) is 6.11. The maximum atomic E-state index is 13.6. The molecule has 1 aliphatic heterocycles. The van der Waals surface area contributed by atoms with Crippen LogP contribution in [0.4, 0.5) is 14.5 Å². The summed E-state index contributed by atoms with van der Waals surface area (Å²) in [6.45, 7) is 1.25. The Morgan fingerprint density at radius 3 is 2.96 bits per heavy atom. The van der Waals surface area contributed by atoms with E-state index in [0.29, 0.717) is 18.7 Å². The third-order valence-electron chi connectivity index (χ3n) is 4.43. The standard InChI is InChI=1S/C17H16F2N6O/c18-16(19)15-14(23-24-25(15)13-4-6-21-9-13)17(26)22-12-2-1-11-8-20-5-3-10(11)7-12/h1-3,5,7-8,13,16,21H,4,6,9H2,(H,22,26). The average Bonchev–Trinajstić information content (AvgIpc) is 3.30. The molecule has 1 amide bonds. The number of anilines is 1. The molecule has 0 bridgehead atoms. The number of alkyl halides is 2. The van der Waals surface area contributed by atoms with E-state index in [1.807, 2.05) is 0 Å². The number of benzene rings is 1. The molecule has 0 spiro atoms. The van der Waals surface area contributed by atoms with Gasteiger partial charge in [0.1, 0.15) is 5.69 Å². The van der Waals surface area contributed by atoms with Crippen molar-refractivity contribution >= 4 is 22.4 Å². The average molecular weight is 358 g/mol. The summed E-state index contributed by atoms with van der Waals surface area (Å²) >= 11 is 0. The van der Waals surface area contributed by atoms with E-state index in [1.165, 1.54) is 4.68 Å². The summed E-state index contributed by atoms with van der Waals surface area (Å²) in [4.78, 5) is 16.5. The van der Waals surface area contributed by atoms with Gasteiger partial charge in [-0.05, 0) is 36.6 Å². The summed E-state index contributed by atoms with van der Waals surface area (Å²) in [5.74, 6) is -0.703. The van der Waals surface area contributed by atoms with Crippen molar-refractivity contribution in [1.29, 1.82) is 0 Å². The number of hydrogen-bond donors (Lipinski definition) is 2. The fourth-order valence-electron chi connectivity index (χ4n) is 3.14. The predicted octanol–water partition coefficient (Wildman–Crippen LogP) is 2.55. The molecule has 1 unspecified atom stereocenters. The number of aromatic nitrogens is 4. The zero-order valence-corrected chi connectivity index (χ0v) is 13.7. The molecule has 9 heteroatoms. The molecule has 0 radical (unpaired) electrons. The van der Waals surface area contributed by atoms with Gasteiger partial charge in [0.05, 0.1) is 6.04 Å². The highest BCUT2D eigenvalue weighted by atomic mass is 19.3. The van der Waals surface area contributed by atoms with E-state index >= 15 is 0 Å². The highest BCUT2D eigenvalue weighted by Gasteiger charge is 2.31. The van der Waals surface area contributed by atoms with Crippen LogP contribution in [0.15, 0.2) is 36.7 Å². The van der Waals surface area contributed by atoms with Crippen molar-refractivity contribution in [3.05, 3.63) is 48.0 Å². The third kappa shape index (κ3) is 3.01. The van der Waals surface area contributed by atoms with E-state index in [4.69, 9.17) is 0 Å². The van der Waals surface area contributed by atoms with Crippen molar-refractivity contribution in [3.8, 4) is 0 Å². The van der Waals surface area contributed by atoms with Crippen LogP contribution in [-0.4, -0.2) is 39.0 Å². The molecule has 26 heavy (non-hydrogen) atoms. The van der Waals surface area contributed by atoms with Crippen LogP contribution in [0.25, 0.3) is 10.8 Å². The predicted molar refractivity (Wildman–Crippen MR) is 91.2 cm³/mol. The third-order valence-corrected chi connectivity index (χ3v) is 4.43. The maximum absolute atomic E-state index is 13.6. The normalized spacial score (nSPS) is 17.1. The van der Waals surface area contributed by atoms with Crippen LogP contribution in [0.2, 0.25) is 0 Å². The minimum Gasteiger partial charge on any atom is -0.321 e. The highest BCUT2D eigenvalue weighted by molar-refractivity contribution is 6.04. The lowest BCUT2D eigenvalue weighted by atomic mass is 10.1. The number of hydrogen-bond acceptors (Lipinski definition) is 5. The van der Waals surface area contributed by atoms with Gasteiger partial charge < -0.3 is 10.6 Å². The van der Waals surface area contributed by atoms with Crippen molar-refractivity contribution in [2.75, 3.05) is 18.4 Å². The Kier molecular flexibility index (Phi) is 4.29. The van der Waals surface area contributed by atoms with E-state index in [0.717, 1.165) is 17.3 Å². The maximum Gasteiger partial charge on any atom is 0.282 e. The molecule has 1 aromatic carbocycles. The Balaban J connectivity index is 1.62. The van der Waals surface area contributed by atoms with Crippen molar-refractivity contribution in [3.63, 3.8) is 0 Å². The number of amides is 1. The molecule has 2 aromatic heterocycles. The topological polar surface area (TPSA) is 84.7 Å². The van der Waals surface area contributed by atoms with Crippen LogP contribution in [0, 0.1) is 0 Å². The smallest absolute Gasteiger partial charge is 0.282 e. The largest absolute Gasteiger partial charge is 0.321 e. The van der Waals surface area contributed by atoms with Crippen LogP contribution >= 0.6 is 0 Å². The number of fused-ring (bicyclic) bond motifs is 1. The van der Waals surface area contributed by atoms with Gasteiger partial charge in [-0.1, -0.05) is 11.3 Å². The summed E-state index contributed by atoms with van der Waals surface area (Å²) in [7, 11) is 0. The molecule has 1 fully saturated rings. The molecule has 1 saturated heterocycles. The minimum atomic E-state index is -2.84. The van der Waals surface area contributed by atoms with Gasteiger partial charge in [0.25, 0.3) is 12.3 Å². The summed E-state index contributed by atoms with van der Waals surface area (Å²) in [6.07, 6.45) is 1.18. The SMILES string of the molecule is O=C(Nc1ccc2cnccc2c1)c1nnn(C2CCNC2)c1C(F)F. The van der Waals surface area contributed by atoms with Gasteiger partial charge in [-0.15, -0.1) is 5.10 Å². The van der Waals surface area contributed by atoms with Crippen LogP contribution in [0.5, 0.6) is 0 Å².